The van der Waals surface area contributed by atoms with E-state index in [-0.39, 0.29) is 0 Å². The van der Waals surface area contributed by atoms with Gasteiger partial charge in [0.25, 0.3) is 0 Å². The van der Waals surface area contributed by atoms with E-state index in [4.69, 9.17) is 22.1 Å². The molecule has 0 fully saturated rings. The van der Waals surface area contributed by atoms with E-state index in [0.717, 1.165) is 6.42 Å². The summed E-state index contributed by atoms with van der Waals surface area (Å²) in [5, 5.41) is 0.589. The number of hydrogen-bond donors (Lipinski definition) is 1. The van der Waals surface area contributed by atoms with Crippen molar-refractivity contribution in [2.45, 2.75) is 19.9 Å². The van der Waals surface area contributed by atoms with E-state index >= 15 is 0 Å². The number of ether oxygens (including phenoxy) is 1. The summed E-state index contributed by atoms with van der Waals surface area (Å²) in [5.41, 5.74) is 6.12. The lowest BCUT2D eigenvalue weighted by molar-refractivity contribution is 0.304. The average molecular weight is 201 g/mol. The predicted octanol–water partition coefficient (Wildman–Crippen LogP) is 1.98. The molecule has 1 aromatic heterocycles. The minimum atomic E-state index is 0.335. The zero-order valence-electron chi connectivity index (χ0n) is 7.59. The molecule has 72 valence electrons. The third-order valence-electron chi connectivity index (χ3n) is 1.54. The third kappa shape index (κ3) is 2.86. The molecule has 0 atom stereocenters. The van der Waals surface area contributed by atoms with Gasteiger partial charge in [-0.1, -0.05) is 18.5 Å². The molecule has 0 amide bonds. The molecule has 0 saturated heterocycles. The first-order valence-corrected chi connectivity index (χ1v) is 4.64. The highest BCUT2D eigenvalue weighted by atomic mass is 35.5. The summed E-state index contributed by atoms with van der Waals surface area (Å²) >= 11 is 5.83. The Labute approximate surface area is 82.9 Å². The monoisotopic (exact) mass is 200 g/mol. The smallest absolute Gasteiger partial charge is 0.213 e. The lowest BCUT2D eigenvalue weighted by atomic mass is 10.3. The summed E-state index contributed by atoms with van der Waals surface area (Å²) in [6.45, 7) is 3.04. The summed E-state index contributed by atoms with van der Waals surface area (Å²) in [6, 6.07) is 3.50. The second-order valence-electron chi connectivity index (χ2n) is 2.63. The zero-order valence-corrected chi connectivity index (χ0v) is 8.34. The first-order chi connectivity index (χ1) is 6.27. The average Bonchev–Trinajstić information content (AvgIpc) is 2.16. The van der Waals surface area contributed by atoms with E-state index in [2.05, 4.69) is 4.98 Å². The molecule has 0 aliphatic carbocycles. The standard InChI is InChI=1S/C9H13ClN2O/c1-2-5-13-9-4-3-7(10)8(6-11)12-9/h3-4H,2,5-6,11H2,1H3. The first kappa shape index (κ1) is 10.3. The van der Waals surface area contributed by atoms with Crippen molar-refractivity contribution in [3.8, 4) is 5.88 Å². The van der Waals surface area contributed by atoms with Crippen molar-refractivity contribution >= 4 is 11.6 Å². The van der Waals surface area contributed by atoms with Crippen molar-refractivity contribution in [3.63, 3.8) is 0 Å². The van der Waals surface area contributed by atoms with Gasteiger partial charge in [-0.25, -0.2) is 4.98 Å². The molecule has 0 saturated carbocycles. The van der Waals surface area contributed by atoms with Gasteiger partial charge in [0, 0.05) is 12.6 Å². The second-order valence-corrected chi connectivity index (χ2v) is 3.04. The van der Waals surface area contributed by atoms with Crippen molar-refractivity contribution in [2.75, 3.05) is 6.61 Å². The maximum absolute atomic E-state index is 5.83. The lowest BCUT2D eigenvalue weighted by Gasteiger charge is -2.05. The molecule has 13 heavy (non-hydrogen) atoms. The van der Waals surface area contributed by atoms with Crippen LogP contribution in [0.4, 0.5) is 0 Å². The number of hydrogen-bond acceptors (Lipinski definition) is 3. The van der Waals surface area contributed by atoms with Gasteiger partial charge in [-0.15, -0.1) is 0 Å². The topological polar surface area (TPSA) is 48.1 Å². The van der Waals surface area contributed by atoms with Crippen molar-refractivity contribution in [3.05, 3.63) is 22.8 Å². The maximum atomic E-state index is 5.83. The Morgan fingerprint density at radius 1 is 1.54 bits per heavy atom. The predicted molar refractivity (Wildman–Crippen MR) is 52.9 cm³/mol. The Morgan fingerprint density at radius 2 is 2.31 bits per heavy atom. The van der Waals surface area contributed by atoms with Gasteiger partial charge < -0.3 is 10.5 Å². The molecule has 4 heteroatoms. The molecule has 0 aliphatic rings. The van der Waals surface area contributed by atoms with Crippen LogP contribution < -0.4 is 10.5 Å². The van der Waals surface area contributed by atoms with E-state index in [1.807, 2.05) is 6.92 Å². The fourth-order valence-electron chi connectivity index (χ4n) is 0.894. The lowest BCUT2D eigenvalue weighted by Crippen LogP contribution is -2.03. The highest BCUT2D eigenvalue weighted by Crippen LogP contribution is 2.17. The molecule has 0 aliphatic heterocycles. The van der Waals surface area contributed by atoms with Crippen molar-refractivity contribution < 1.29 is 4.74 Å². The summed E-state index contributed by atoms with van der Waals surface area (Å²) < 4.78 is 5.33. The van der Waals surface area contributed by atoms with Crippen LogP contribution in [0.5, 0.6) is 5.88 Å². The minimum absolute atomic E-state index is 0.335. The number of rotatable bonds is 4. The molecule has 1 aromatic rings. The van der Waals surface area contributed by atoms with Crippen LogP contribution in [-0.4, -0.2) is 11.6 Å². The van der Waals surface area contributed by atoms with Gasteiger partial charge >= 0.3 is 0 Å². The summed E-state index contributed by atoms with van der Waals surface area (Å²) in [5.74, 6) is 0.590. The van der Waals surface area contributed by atoms with Crippen molar-refractivity contribution in [1.29, 1.82) is 0 Å². The molecular weight excluding hydrogens is 188 g/mol. The van der Waals surface area contributed by atoms with Crippen LogP contribution in [-0.2, 0) is 6.54 Å². The fourth-order valence-corrected chi connectivity index (χ4v) is 1.08. The fraction of sp³-hybridized carbons (Fsp3) is 0.444. The van der Waals surface area contributed by atoms with E-state index < -0.39 is 0 Å². The molecule has 0 bridgehead atoms. The van der Waals surface area contributed by atoms with E-state index in [1.54, 1.807) is 12.1 Å². The SMILES string of the molecule is CCCOc1ccc(Cl)c(CN)n1. The highest BCUT2D eigenvalue weighted by molar-refractivity contribution is 6.31. The number of halogens is 1. The Morgan fingerprint density at radius 3 is 2.92 bits per heavy atom. The van der Waals surface area contributed by atoms with Gasteiger partial charge in [-0.2, -0.15) is 0 Å². The van der Waals surface area contributed by atoms with Crippen LogP contribution in [0.25, 0.3) is 0 Å². The highest BCUT2D eigenvalue weighted by Gasteiger charge is 2.02. The number of pyridine rings is 1. The van der Waals surface area contributed by atoms with E-state index in [9.17, 15) is 0 Å². The van der Waals surface area contributed by atoms with Crippen LogP contribution in [0.3, 0.4) is 0 Å². The second kappa shape index (κ2) is 5.04. The number of nitrogens with zero attached hydrogens (tertiary/aromatic N) is 1. The molecule has 3 nitrogen and oxygen atoms in total. The molecule has 0 aromatic carbocycles. The van der Waals surface area contributed by atoms with Gasteiger partial charge in [-0.3, -0.25) is 0 Å². The van der Waals surface area contributed by atoms with E-state index in [0.29, 0.717) is 29.7 Å². The van der Waals surface area contributed by atoms with Crippen LogP contribution >= 0.6 is 11.6 Å². The maximum Gasteiger partial charge on any atom is 0.213 e. The molecule has 1 heterocycles. The van der Waals surface area contributed by atoms with Crippen molar-refractivity contribution in [1.82, 2.24) is 4.98 Å². The van der Waals surface area contributed by atoms with Gasteiger partial charge in [0.15, 0.2) is 0 Å². The Balaban J connectivity index is 2.74. The van der Waals surface area contributed by atoms with Gasteiger partial charge in [0.1, 0.15) is 0 Å². The first-order valence-electron chi connectivity index (χ1n) is 4.26. The summed E-state index contributed by atoms with van der Waals surface area (Å²) in [6.07, 6.45) is 0.961. The van der Waals surface area contributed by atoms with Crippen molar-refractivity contribution in [2.24, 2.45) is 5.73 Å². The van der Waals surface area contributed by atoms with Crippen LogP contribution in [0.15, 0.2) is 12.1 Å². The molecule has 1 rings (SSSR count). The third-order valence-corrected chi connectivity index (χ3v) is 1.88. The van der Waals surface area contributed by atoms with Crippen LogP contribution in [0, 0.1) is 0 Å². The Hall–Kier alpha value is -0.800. The molecule has 0 radical (unpaired) electrons. The molecule has 0 unspecified atom stereocenters. The van der Waals surface area contributed by atoms with Gasteiger partial charge in [0.2, 0.25) is 5.88 Å². The zero-order chi connectivity index (χ0) is 9.68. The molecule has 2 N–H and O–H groups in total. The quantitative estimate of drug-likeness (QED) is 0.809. The molecular formula is C9H13ClN2O. The van der Waals surface area contributed by atoms with Gasteiger partial charge in [-0.05, 0) is 12.5 Å². The number of aromatic nitrogens is 1. The van der Waals surface area contributed by atoms with Crippen LogP contribution in [0.2, 0.25) is 5.02 Å². The minimum Gasteiger partial charge on any atom is -0.478 e. The Bertz CT molecular complexity index is 278. The molecule has 0 spiro atoms. The Kier molecular flexibility index (Phi) is 3.99. The summed E-state index contributed by atoms with van der Waals surface area (Å²) in [7, 11) is 0. The largest absolute Gasteiger partial charge is 0.478 e. The van der Waals surface area contributed by atoms with Crippen LogP contribution in [0.1, 0.15) is 19.0 Å². The number of nitrogens with two attached hydrogens (primary N) is 1. The normalized spacial score (nSPS) is 10.1. The van der Waals surface area contributed by atoms with Gasteiger partial charge in [0.05, 0.1) is 17.3 Å². The summed E-state index contributed by atoms with van der Waals surface area (Å²) in [4.78, 5) is 4.15. The van der Waals surface area contributed by atoms with E-state index in [1.165, 1.54) is 0 Å².